The number of hydrogen-bond acceptors (Lipinski definition) is 4. The van der Waals surface area contributed by atoms with Crippen LogP contribution in [-0.4, -0.2) is 17.2 Å². The van der Waals surface area contributed by atoms with Crippen molar-refractivity contribution in [2.45, 2.75) is 19.4 Å². The molecule has 1 aliphatic heterocycles. The highest BCUT2D eigenvalue weighted by Crippen LogP contribution is 2.31. The number of aryl methyl sites for hydroxylation is 1. The molecule has 0 saturated heterocycles. The molecule has 0 bridgehead atoms. The first-order valence-corrected chi connectivity index (χ1v) is 7.15. The van der Waals surface area contributed by atoms with Gasteiger partial charge in [-0.3, -0.25) is 4.79 Å². The first-order valence-electron chi connectivity index (χ1n) is 7.15. The third-order valence-electron chi connectivity index (χ3n) is 3.71. The molecule has 126 valence electrons. The van der Waals surface area contributed by atoms with Gasteiger partial charge >= 0.3 is 6.18 Å². The highest BCUT2D eigenvalue weighted by Gasteiger charge is 2.32. The fourth-order valence-corrected chi connectivity index (χ4v) is 2.47. The molecule has 0 fully saturated rings. The van der Waals surface area contributed by atoms with Crippen LogP contribution in [0.5, 0.6) is 0 Å². The summed E-state index contributed by atoms with van der Waals surface area (Å²) in [6.45, 7) is 1.92. The van der Waals surface area contributed by atoms with Crippen molar-refractivity contribution >= 4 is 17.3 Å². The normalized spacial score (nSPS) is 16.1. The van der Waals surface area contributed by atoms with Crippen LogP contribution < -0.4 is 16.5 Å². The molecule has 1 atom stereocenters. The average Bonchev–Trinajstić information content (AvgIpc) is 2.95. The number of nitrogens with zero attached hydrogens (tertiary/aromatic N) is 1. The van der Waals surface area contributed by atoms with Crippen LogP contribution in [0, 0.1) is 6.92 Å². The Labute approximate surface area is 136 Å². The Morgan fingerprint density at radius 1 is 1.12 bits per heavy atom. The molecule has 24 heavy (non-hydrogen) atoms. The number of halogens is 3. The molecule has 0 saturated carbocycles. The van der Waals surface area contributed by atoms with Crippen molar-refractivity contribution in [1.29, 1.82) is 0 Å². The summed E-state index contributed by atoms with van der Waals surface area (Å²) in [6, 6.07) is 9.77. The molecule has 5 nitrogen and oxygen atoms in total. The summed E-state index contributed by atoms with van der Waals surface area (Å²) in [7, 11) is 0. The number of rotatable bonds is 2. The van der Waals surface area contributed by atoms with E-state index in [4.69, 9.17) is 5.84 Å². The van der Waals surface area contributed by atoms with Crippen molar-refractivity contribution in [1.82, 2.24) is 5.01 Å². The van der Waals surface area contributed by atoms with Crippen LogP contribution in [0.15, 0.2) is 42.5 Å². The van der Waals surface area contributed by atoms with Gasteiger partial charge in [-0.2, -0.15) is 13.2 Å². The summed E-state index contributed by atoms with van der Waals surface area (Å²) in [5.41, 5.74) is 1.53. The van der Waals surface area contributed by atoms with Gasteiger partial charge in [0.1, 0.15) is 0 Å². The van der Waals surface area contributed by atoms with Gasteiger partial charge in [0.05, 0.1) is 16.9 Å². The minimum atomic E-state index is -4.52. The van der Waals surface area contributed by atoms with Gasteiger partial charge in [-0.05, 0) is 42.8 Å². The van der Waals surface area contributed by atoms with Crippen molar-refractivity contribution < 1.29 is 18.0 Å². The molecule has 0 spiro atoms. The maximum atomic E-state index is 12.8. The summed E-state index contributed by atoms with van der Waals surface area (Å²) >= 11 is 0. The molecule has 2 aromatic carbocycles. The van der Waals surface area contributed by atoms with Gasteiger partial charge in [-0.1, -0.05) is 12.1 Å². The molecule has 2 aromatic rings. The lowest BCUT2D eigenvalue weighted by atomic mass is 10.1. The zero-order valence-corrected chi connectivity index (χ0v) is 12.7. The first kappa shape index (κ1) is 16.1. The fourth-order valence-electron chi connectivity index (χ4n) is 2.47. The number of hydrogen-bond donors (Lipinski definition) is 3. The zero-order valence-electron chi connectivity index (χ0n) is 12.7. The lowest BCUT2D eigenvalue weighted by Crippen LogP contribution is -2.51. The monoisotopic (exact) mass is 336 g/mol. The molecular weight excluding hydrogens is 321 g/mol. The smallest absolute Gasteiger partial charge is 0.345 e. The van der Waals surface area contributed by atoms with Gasteiger partial charge in [-0.15, -0.1) is 0 Å². The SMILES string of the molecule is Cc1ccc2c(c1)NC(N(N)C(=O)c1cccc(C(F)(F)F)c1)N2. The Kier molecular flexibility index (Phi) is 3.84. The molecule has 1 amide bonds. The topological polar surface area (TPSA) is 70.4 Å². The van der Waals surface area contributed by atoms with Crippen LogP contribution in [-0.2, 0) is 6.18 Å². The Balaban J connectivity index is 1.79. The number of nitrogens with two attached hydrogens (primary N) is 1. The van der Waals surface area contributed by atoms with Crippen LogP contribution in [0.4, 0.5) is 24.5 Å². The molecule has 0 aromatic heterocycles. The first-order chi connectivity index (χ1) is 11.3. The molecule has 0 aliphatic carbocycles. The van der Waals surface area contributed by atoms with Gasteiger partial charge in [0.15, 0.2) is 6.29 Å². The highest BCUT2D eigenvalue weighted by molar-refractivity contribution is 5.95. The average molecular weight is 336 g/mol. The van der Waals surface area contributed by atoms with E-state index in [1.54, 1.807) is 0 Å². The van der Waals surface area contributed by atoms with Crippen molar-refractivity contribution in [2.75, 3.05) is 10.6 Å². The second-order valence-corrected chi connectivity index (χ2v) is 5.53. The minimum Gasteiger partial charge on any atom is -0.345 e. The number of carbonyl (C=O) groups excluding carboxylic acids is 1. The second kappa shape index (κ2) is 5.72. The van der Waals surface area contributed by atoms with Crippen molar-refractivity contribution in [3.63, 3.8) is 0 Å². The molecule has 3 rings (SSSR count). The number of anilines is 2. The van der Waals surface area contributed by atoms with Crippen LogP contribution >= 0.6 is 0 Å². The number of hydrazine groups is 1. The number of amides is 1. The van der Waals surface area contributed by atoms with E-state index in [2.05, 4.69) is 10.6 Å². The number of benzene rings is 2. The predicted octanol–water partition coefficient (Wildman–Crippen LogP) is 3.15. The van der Waals surface area contributed by atoms with Crippen LogP contribution in [0.3, 0.4) is 0 Å². The van der Waals surface area contributed by atoms with Crippen molar-refractivity contribution in [2.24, 2.45) is 5.84 Å². The van der Waals surface area contributed by atoms with Gasteiger partial charge in [0.2, 0.25) is 0 Å². The molecule has 0 radical (unpaired) electrons. The van der Waals surface area contributed by atoms with Crippen LogP contribution in [0.1, 0.15) is 21.5 Å². The van der Waals surface area contributed by atoms with Gasteiger partial charge in [0.25, 0.3) is 5.91 Å². The minimum absolute atomic E-state index is 0.136. The van der Waals surface area contributed by atoms with Gasteiger partial charge < -0.3 is 10.6 Å². The maximum Gasteiger partial charge on any atom is 0.416 e. The van der Waals surface area contributed by atoms with E-state index in [0.29, 0.717) is 0 Å². The largest absolute Gasteiger partial charge is 0.416 e. The van der Waals surface area contributed by atoms with Gasteiger partial charge in [-0.25, -0.2) is 10.9 Å². The molecule has 1 unspecified atom stereocenters. The van der Waals surface area contributed by atoms with E-state index in [1.165, 1.54) is 12.1 Å². The Hall–Kier alpha value is -2.74. The maximum absolute atomic E-state index is 12.8. The summed E-state index contributed by atoms with van der Waals surface area (Å²) in [6.07, 6.45) is -5.27. The summed E-state index contributed by atoms with van der Waals surface area (Å²) in [5.74, 6) is 5.08. The lowest BCUT2D eigenvalue weighted by molar-refractivity contribution is -0.137. The Morgan fingerprint density at radius 3 is 2.54 bits per heavy atom. The van der Waals surface area contributed by atoms with E-state index in [9.17, 15) is 18.0 Å². The van der Waals surface area contributed by atoms with Crippen molar-refractivity contribution in [3.8, 4) is 0 Å². The van der Waals surface area contributed by atoms with Gasteiger partial charge in [0, 0.05) is 5.56 Å². The predicted molar refractivity (Wildman–Crippen MR) is 84.0 cm³/mol. The van der Waals surface area contributed by atoms with E-state index >= 15 is 0 Å². The molecular formula is C16H15F3N4O. The van der Waals surface area contributed by atoms with E-state index in [-0.39, 0.29) is 5.56 Å². The summed E-state index contributed by atoms with van der Waals surface area (Å²) in [5, 5.41) is 6.86. The summed E-state index contributed by atoms with van der Waals surface area (Å²) in [4.78, 5) is 12.4. The number of carbonyl (C=O) groups is 1. The van der Waals surface area contributed by atoms with Crippen LogP contribution in [0.2, 0.25) is 0 Å². The number of nitrogens with one attached hydrogen (secondary N) is 2. The standard InChI is InChI=1S/C16H15F3N4O/c1-9-5-6-12-13(7-9)22-15(21-12)23(20)14(24)10-3-2-4-11(8-10)16(17,18)19/h2-8,15,21-22H,20H2,1H3. The fraction of sp³-hybridized carbons (Fsp3) is 0.188. The van der Waals surface area contributed by atoms with Crippen molar-refractivity contribution in [3.05, 3.63) is 59.2 Å². The third-order valence-corrected chi connectivity index (χ3v) is 3.71. The lowest BCUT2D eigenvalue weighted by Gasteiger charge is -2.24. The Morgan fingerprint density at radius 2 is 1.83 bits per heavy atom. The Bertz CT molecular complexity index is 791. The third kappa shape index (κ3) is 3.00. The zero-order chi connectivity index (χ0) is 17.5. The number of fused-ring (bicyclic) bond motifs is 1. The molecule has 1 aliphatic rings. The molecule has 8 heteroatoms. The number of alkyl halides is 3. The quantitative estimate of drug-likeness (QED) is 0.448. The van der Waals surface area contributed by atoms with E-state index in [0.717, 1.165) is 34.1 Å². The summed E-state index contributed by atoms with van der Waals surface area (Å²) < 4.78 is 38.3. The second-order valence-electron chi connectivity index (χ2n) is 5.53. The van der Waals surface area contributed by atoms with E-state index < -0.39 is 23.9 Å². The molecule has 1 heterocycles. The molecule has 4 N–H and O–H groups in total. The van der Waals surface area contributed by atoms with Crippen LogP contribution in [0.25, 0.3) is 0 Å². The highest BCUT2D eigenvalue weighted by atomic mass is 19.4. The van der Waals surface area contributed by atoms with E-state index in [1.807, 2.05) is 25.1 Å².